The molecule has 2 aliphatic heterocycles. The molecule has 4 heteroatoms. The van der Waals surface area contributed by atoms with Gasteiger partial charge in [0.2, 0.25) is 5.91 Å². The molecule has 2 unspecified atom stereocenters. The van der Waals surface area contributed by atoms with Gasteiger partial charge in [0.05, 0.1) is 12.2 Å². The Morgan fingerprint density at radius 2 is 2.04 bits per heavy atom. The first kappa shape index (κ1) is 16.5. The van der Waals surface area contributed by atoms with Crippen LogP contribution >= 0.6 is 0 Å². The molecule has 2 saturated heterocycles. The van der Waals surface area contributed by atoms with Gasteiger partial charge in [0.15, 0.2) is 0 Å². The van der Waals surface area contributed by atoms with Gasteiger partial charge >= 0.3 is 0 Å². The van der Waals surface area contributed by atoms with E-state index >= 15 is 0 Å². The van der Waals surface area contributed by atoms with Crippen LogP contribution in [-0.2, 0) is 9.53 Å². The van der Waals surface area contributed by atoms with Crippen LogP contribution in [0.2, 0.25) is 0 Å². The Kier molecular flexibility index (Phi) is 5.34. The van der Waals surface area contributed by atoms with E-state index in [4.69, 9.17) is 10.5 Å². The number of benzene rings is 1. The Balaban J connectivity index is 1.55. The van der Waals surface area contributed by atoms with E-state index in [1.807, 2.05) is 11.0 Å². The van der Waals surface area contributed by atoms with Crippen LogP contribution in [0.4, 0.5) is 0 Å². The summed E-state index contributed by atoms with van der Waals surface area (Å²) in [6.45, 7) is 4.33. The molecule has 2 heterocycles. The normalized spacial score (nSPS) is 30.8. The zero-order chi connectivity index (χ0) is 16.2. The van der Waals surface area contributed by atoms with Crippen molar-refractivity contribution in [3.8, 4) is 0 Å². The summed E-state index contributed by atoms with van der Waals surface area (Å²) in [4.78, 5) is 14.6. The summed E-state index contributed by atoms with van der Waals surface area (Å²) >= 11 is 0. The Morgan fingerprint density at radius 3 is 2.70 bits per heavy atom. The molecule has 0 spiro atoms. The van der Waals surface area contributed by atoms with Gasteiger partial charge in [-0.2, -0.15) is 0 Å². The number of hydrogen-bond donors (Lipinski definition) is 1. The number of rotatable bonds is 5. The summed E-state index contributed by atoms with van der Waals surface area (Å²) in [7, 11) is 0. The van der Waals surface area contributed by atoms with E-state index in [0.717, 1.165) is 32.4 Å². The minimum Gasteiger partial charge on any atom is -0.375 e. The smallest absolute Gasteiger partial charge is 0.222 e. The molecule has 1 amide bonds. The number of likely N-dealkylation sites (tertiary alicyclic amines) is 1. The summed E-state index contributed by atoms with van der Waals surface area (Å²) in [5.41, 5.74) is 7.25. The summed E-state index contributed by atoms with van der Waals surface area (Å²) in [5.74, 6) is 0.988. The van der Waals surface area contributed by atoms with Crippen LogP contribution in [0.1, 0.15) is 44.1 Å². The van der Waals surface area contributed by atoms with Crippen molar-refractivity contribution in [2.75, 3.05) is 19.6 Å². The van der Waals surface area contributed by atoms with E-state index in [0.29, 0.717) is 30.9 Å². The van der Waals surface area contributed by atoms with Gasteiger partial charge in [0.1, 0.15) is 0 Å². The Hall–Kier alpha value is -1.39. The van der Waals surface area contributed by atoms with Crippen LogP contribution in [0, 0.1) is 5.92 Å². The highest BCUT2D eigenvalue weighted by molar-refractivity contribution is 5.76. The first-order chi connectivity index (χ1) is 11.2. The average Bonchev–Trinajstić information content (AvgIpc) is 3.19. The lowest BCUT2D eigenvalue weighted by atomic mass is 9.89. The van der Waals surface area contributed by atoms with Crippen molar-refractivity contribution in [2.45, 2.75) is 50.7 Å². The van der Waals surface area contributed by atoms with Crippen LogP contribution in [0.25, 0.3) is 0 Å². The molecule has 126 valence electrons. The second-order valence-corrected chi connectivity index (χ2v) is 7.00. The summed E-state index contributed by atoms with van der Waals surface area (Å²) in [6, 6.07) is 10.4. The Bertz CT molecular complexity index is 519. The quantitative estimate of drug-likeness (QED) is 0.908. The van der Waals surface area contributed by atoms with E-state index in [-0.39, 0.29) is 12.0 Å². The monoisotopic (exact) mass is 316 g/mol. The molecule has 23 heavy (non-hydrogen) atoms. The predicted molar refractivity (Wildman–Crippen MR) is 91.1 cm³/mol. The zero-order valence-corrected chi connectivity index (χ0v) is 14.0. The summed E-state index contributed by atoms with van der Waals surface area (Å²) in [6.07, 6.45) is 4.28. The van der Waals surface area contributed by atoms with Gasteiger partial charge in [-0.25, -0.2) is 0 Å². The molecular weight excluding hydrogens is 288 g/mol. The molecule has 0 bridgehead atoms. The molecule has 2 aliphatic rings. The molecule has 0 aromatic heterocycles. The third kappa shape index (κ3) is 3.93. The number of nitrogens with zero attached hydrogens (tertiary/aromatic N) is 1. The van der Waals surface area contributed by atoms with E-state index in [9.17, 15) is 4.79 Å². The first-order valence-electron chi connectivity index (χ1n) is 8.85. The third-order valence-electron chi connectivity index (χ3n) is 5.32. The Labute approximate surface area is 139 Å². The number of ether oxygens (including phenoxy) is 1. The zero-order valence-electron chi connectivity index (χ0n) is 14.0. The van der Waals surface area contributed by atoms with E-state index in [1.54, 1.807) is 0 Å². The predicted octanol–water partition coefficient (Wildman–Crippen LogP) is 2.54. The van der Waals surface area contributed by atoms with Gasteiger partial charge in [-0.1, -0.05) is 30.3 Å². The van der Waals surface area contributed by atoms with E-state index in [1.165, 1.54) is 5.56 Å². The number of carbonyl (C=O) groups excluding carboxylic acids is 1. The van der Waals surface area contributed by atoms with Crippen molar-refractivity contribution in [2.24, 2.45) is 11.7 Å². The second-order valence-electron chi connectivity index (χ2n) is 7.00. The van der Waals surface area contributed by atoms with Crippen LogP contribution in [0.15, 0.2) is 30.3 Å². The first-order valence-corrected chi connectivity index (χ1v) is 8.85. The van der Waals surface area contributed by atoms with E-state index in [2.05, 4.69) is 31.2 Å². The minimum absolute atomic E-state index is 0.255. The van der Waals surface area contributed by atoms with Crippen molar-refractivity contribution in [1.82, 2.24) is 4.90 Å². The molecule has 4 nitrogen and oxygen atoms in total. The number of hydrogen-bond acceptors (Lipinski definition) is 3. The molecular formula is C19H28N2O2. The van der Waals surface area contributed by atoms with Gasteiger partial charge in [-0.3, -0.25) is 4.79 Å². The van der Waals surface area contributed by atoms with Crippen LogP contribution in [0.5, 0.6) is 0 Å². The highest BCUT2D eigenvalue weighted by atomic mass is 16.5. The molecule has 4 atom stereocenters. The average molecular weight is 316 g/mol. The highest BCUT2D eigenvalue weighted by Crippen LogP contribution is 2.32. The van der Waals surface area contributed by atoms with Gasteiger partial charge in [-0.15, -0.1) is 0 Å². The summed E-state index contributed by atoms with van der Waals surface area (Å²) < 4.78 is 5.82. The molecule has 3 rings (SSSR count). The molecule has 0 saturated carbocycles. The van der Waals surface area contributed by atoms with Crippen molar-refractivity contribution < 1.29 is 9.53 Å². The van der Waals surface area contributed by atoms with Crippen LogP contribution in [-0.4, -0.2) is 42.6 Å². The lowest BCUT2D eigenvalue weighted by Crippen LogP contribution is -2.30. The lowest BCUT2D eigenvalue weighted by Gasteiger charge is -2.18. The molecule has 1 aromatic rings. The largest absolute Gasteiger partial charge is 0.375 e. The molecule has 0 radical (unpaired) electrons. The maximum absolute atomic E-state index is 12.6. The topological polar surface area (TPSA) is 55.6 Å². The SMILES string of the molecule is CC1CCC(CCC(=O)N2C[C@@H](CN)[C@H](c3ccccc3)C2)O1. The van der Waals surface area contributed by atoms with Gasteiger partial charge < -0.3 is 15.4 Å². The maximum atomic E-state index is 12.6. The second kappa shape index (κ2) is 7.45. The number of carbonyl (C=O) groups is 1. The van der Waals surface area contributed by atoms with Crippen molar-refractivity contribution in [3.63, 3.8) is 0 Å². The fraction of sp³-hybridized carbons (Fsp3) is 0.632. The fourth-order valence-electron chi connectivity index (χ4n) is 3.93. The van der Waals surface area contributed by atoms with Crippen molar-refractivity contribution in [3.05, 3.63) is 35.9 Å². The highest BCUT2D eigenvalue weighted by Gasteiger charge is 2.35. The Morgan fingerprint density at radius 1 is 1.26 bits per heavy atom. The molecule has 2 N–H and O–H groups in total. The fourth-order valence-corrected chi connectivity index (χ4v) is 3.93. The van der Waals surface area contributed by atoms with Gasteiger partial charge in [-0.05, 0) is 44.2 Å². The third-order valence-corrected chi connectivity index (χ3v) is 5.32. The van der Waals surface area contributed by atoms with E-state index < -0.39 is 0 Å². The number of amides is 1. The standard InChI is InChI=1S/C19H28N2O2/c1-14-7-8-17(23-14)9-10-19(22)21-12-16(11-20)18(13-21)15-5-3-2-4-6-15/h2-6,14,16-18H,7-13,20H2,1H3/t14?,16-,17?,18+/m1/s1. The summed E-state index contributed by atoms with van der Waals surface area (Å²) in [5, 5.41) is 0. The van der Waals surface area contributed by atoms with Crippen LogP contribution < -0.4 is 5.73 Å². The molecule has 0 aliphatic carbocycles. The van der Waals surface area contributed by atoms with Crippen molar-refractivity contribution in [1.29, 1.82) is 0 Å². The number of nitrogens with two attached hydrogens (primary N) is 1. The van der Waals surface area contributed by atoms with Gasteiger partial charge in [0, 0.05) is 25.4 Å². The lowest BCUT2D eigenvalue weighted by molar-refractivity contribution is -0.131. The van der Waals surface area contributed by atoms with Crippen LogP contribution in [0.3, 0.4) is 0 Å². The molecule has 2 fully saturated rings. The maximum Gasteiger partial charge on any atom is 0.222 e. The molecule has 1 aromatic carbocycles. The van der Waals surface area contributed by atoms with Crippen molar-refractivity contribution >= 4 is 5.91 Å². The minimum atomic E-state index is 0.255. The van der Waals surface area contributed by atoms with Gasteiger partial charge in [0.25, 0.3) is 0 Å².